The molecule has 0 fully saturated rings. The number of carbonyl (C=O) groups excluding carboxylic acids is 1. The summed E-state index contributed by atoms with van der Waals surface area (Å²) in [7, 11) is 1.66. The highest BCUT2D eigenvalue weighted by Gasteiger charge is 2.16. The van der Waals surface area contributed by atoms with E-state index in [4.69, 9.17) is 10.8 Å². The third-order valence-electron chi connectivity index (χ3n) is 2.00. The molecule has 13 heavy (non-hydrogen) atoms. The topological polar surface area (TPSA) is 95.6 Å². The Hall–Kier alpha value is -0.490. The maximum atomic E-state index is 10.2. The van der Waals surface area contributed by atoms with Crippen LogP contribution in [-0.4, -0.2) is 48.3 Å². The van der Waals surface area contributed by atoms with Gasteiger partial charge < -0.3 is 26.1 Å². The number of rotatable bonds is 7. The second-order valence-electron chi connectivity index (χ2n) is 3.02. The van der Waals surface area contributed by atoms with Gasteiger partial charge in [-0.2, -0.15) is 0 Å². The van der Waals surface area contributed by atoms with Crippen LogP contribution >= 0.6 is 0 Å². The van der Waals surface area contributed by atoms with Gasteiger partial charge in [0.15, 0.2) is 0 Å². The number of nitrogens with one attached hydrogen (secondary N) is 1. The summed E-state index contributed by atoms with van der Waals surface area (Å²) in [5, 5.41) is 21.0. The lowest BCUT2D eigenvalue weighted by Crippen LogP contribution is -2.41. The Morgan fingerprint density at radius 1 is 1.54 bits per heavy atom. The van der Waals surface area contributed by atoms with Gasteiger partial charge in [-0.3, -0.25) is 0 Å². The predicted molar refractivity (Wildman–Crippen MR) is 49.2 cm³/mol. The van der Waals surface area contributed by atoms with Crippen molar-refractivity contribution in [1.82, 2.24) is 5.32 Å². The van der Waals surface area contributed by atoms with Crippen LogP contribution in [0, 0.1) is 0 Å². The number of hydrogen-bond donors (Lipinski definition) is 4. The molecule has 3 atom stereocenters. The molecule has 0 amide bonds. The third kappa shape index (κ3) is 4.94. The summed E-state index contributed by atoms with van der Waals surface area (Å²) >= 11 is 0. The second kappa shape index (κ2) is 6.97. The van der Waals surface area contributed by atoms with E-state index in [1.54, 1.807) is 7.05 Å². The molecule has 78 valence electrons. The molecule has 0 aliphatic carbocycles. The van der Waals surface area contributed by atoms with Gasteiger partial charge in [-0.25, -0.2) is 0 Å². The first-order chi connectivity index (χ1) is 6.15. The number of aliphatic hydroxyl groups is 2. The van der Waals surface area contributed by atoms with E-state index in [2.05, 4.69) is 5.32 Å². The second-order valence-corrected chi connectivity index (χ2v) is 3.02. The van der Waals surface area contributed by atoms with Crippen LogP contribution in [0.3, 0.4) is 0 Å². The Morgan fingerprint density at radius 2 is 2.15 bits per heavy atom. The highest BCUT2D eigenvalue weighted by molar-refractivity contribution is 5.56. The summed E-state index contributed by atoms with van der Waals surface area (Å²) in [5.41, 5.74) is 5.34. The molecule has 0 aromatic carbocycles. The molecule has 0 heterocycles. The Balaban J connectivity index is 3.71. The van der Waals surface area contributed by atoms with Crippen molar-refractivity contribution in [2.45, 2.75) is 31.0 Å². The van der Waals surface area contributed by atoms with E-state index in [1.807, 2.05) is 0 Å². The molecule has 0 bridgehead atoms. The lowest BCUT2D eigenvalue weighted by Gasteiger charge is -2.20. The monoisotopic (exact) mass is 190 g/mol. The molecule has 0 saturated carbocycles. The van der Waals surface area contributed by atoms with Gasteiger partial charge in [-0.1, -0.05) is 0 Å². The summed E-state index contributed by atoms with van der Waals surface area (Å²) in [6, 6.07) is -0.871. The molecule has 0 radical (unpaired) electrons. The summed E-state index contributed by atoms with van der Waals surface area (Å²) in [6.45, 7) is -0.131. The fourth-order valence-corrected chi connectivity index (χ4v) is 1.04. The zero-order valence-corrected chi connectivity index (χ0v) is 7.81. The number of aliphatic hydroxyl groups excluding tert-OH is 2. The largest absolute Gasteiger partial charge is 0.395 e. The van der Waals surface area contributed by atoms with Crippen molar-refractivity contribution in [2.24, 2.45) is 5.73 Å². The Morgan fingerprint density at radius 3 is 2.54 bits per heavy atom. The fourth-order valence-electron chi connectivity index (χ4n) is 1.04. The molecule has 0 aliphatic rings. The van der Waals surface area contributed by atoms with Crippen molar-refractivity contribution in [1.29, 1.82) is 0 Å². The molecule has 0 spiro atoms. The predicted octanol–water partition coefficient (Wildman–Crippen LogP) is -1.77. The van der Waals surface area contributed by atoms with Crippen LogP contribution in [0.25, 0.3) is 0 Å². The van der Waals surface area contributed by atoms with E-state index in [9.17, 15) is 9.90 Å². The minimum absolute atomic E-state index is 0.131. The van der Waals surface area contributed by atoms with Crippen LogP contribution in [-0.2, 0) is 4.79 Å². The van der Waals surface area contributed by atoms with Gasteiger partial charge in [0, 0.05) is 0 Å². The van der Waals surface area contributed by atoms with Gasteiger partial charge in [0.1, 0.15) is 6.29 Å². The summed E-state index contributed by atoms with van der Waals surface area (Å²) in [5.74, 6) is 0. The van der Waals surface area contributed by atoms with Crippen LogP contribution in [0.15, 0.2) is 0 Å². The van der Waals surface area contributed by atoms with E-state index in [-0.39, 0.29) is 12.6 Å². The van der Waals surface area contributed by atoms with Gasteiger partial charge in [-0.05, 0) is 19.9 Å². The fraction of sp³-hybridized carbons (Fsp3) is 0.875. The van der Waals surface area contributed by atoms with Crippen molar-refractivity contribution in [3.63, 3.8) is 0 Å². The Kier molecular flexibility index (Phi) is 6.70. The van der Waals surface area contributed by atoms with Gasteiger partial charge in [0.05, 0.1) is 24.8 Å². The highest BCUT2D eigenvalue weighted by atomic mass is 16.3. The Labute approximate surface area is 77.9 Å². The number of nitrogens with two attached hydrogens (primary N) is 1. The van der Waals surface area contributed by atoms with Gasteiger partial charge >= 0.3 is 0 Å². The number of aldehydes is 1. The minimum Gasteiger partial charge on any atom is -0.395 e. The van der Waals surface area contributed by atoms with Crippen LogP contribution in [0.1, 0.15) is 12.8 Å². The molecule has 0 aromatic heterocycles. The van der Waals surface area contributed by atoms with Gasteiger partial charge in [0.2, 0.25) is 0 Å². The maximum absolute atomic E-state index is 10.2. The smallest absolute Gasteiger partial charge is 0.136 e. The molecule has 0 rings (SSSR count). The van der Waals surface area contributed by atoms with Crippen LogP contribution in [0.2, 0.25) is 0 Å². The SMILES string of the molecule is CN[C@H](CO)[C@@H](O)CC[C@@H](N)C=O. The summed E-state index contributed by atoms with van der Waals surface area (Å²) < 4.78 is 0. The quantitative estimate of drug-likeness (QED) is 0.356. The molecule has 5 N–H and O–H groups in total. The van der Waals surface area contributed by atoms with Crippen molar-refractivity contribution in [3.8, 4) is 0 Å². The molecule has 0 saturated heterocycles. The first-order valence-corrected chi connectivity index (χ1v) is 4.32. The van der Waals surface area contributed by atoms with Crippen molar-refractivity contribution in [3.05, 3.63) is 0 Å². The van der Waals surface area contributed by atoms with E-state index in [0.29, 0.717) is 19.1 Å². The molecular formula is C8H18N2O3. The summed E-state index contributed by atoms with van der Waals surface area (Å²) in [4.78, 5) is 10.2. The number of likely N-dealkylation sites (N-methyl/N-ethyl adjacent to an activating group) is 1. The number of hydrogen-bond acceptors (Lipinski definition) is 5. The van der Waals surface area contributed by atoms with Crippen LogP contribution in [0.5, 0.6) is 0 Å². The standard InChI is InChI=1S/C8H18N2O3/c1-10-7(5-12)8(13)3-2-6(9)4-11/h4,6-8,10,12-13H,2-3,5,9H2,1H3/t6-,7-,8+/m1/s1. The molecule has 0 aromatic rings. The van der Waals surface area contributed by atoms with Crippen molar-refractivity contribution >= 4 is 6.29 Å². The van der Waals surface area contributed by atoms with E-state index in [1.165, 1.54) is 0 Å². The molecule has 0 aliphatic heterocycles. The number of carbonyl (C=O) groups is 1. The lowest BCUT2D eigenvalue weighted by atomic mass is 10.0. The zero-order valence-electron chi connectivity index (χ0n) is 7.81. The molecule has 5 heteroatoms. The van der Waals surface area contributed by atoms with Crippen molar-refractivity contribution in [2.75, 3.05) is 13.7 Å². The average molecular weight is 190 g/mol. The van der Waals surface area contributed by atoms with Crippen LogP contribution < -0.4 is 11.1 Å². The van der Waals surface area contributed by atoms with E-state index >= 15 is 0 Å². The first kappa shape index (κ1) is 12.5. The van der Waals surface area contributed by atoms with Gasteiger partial charge in [-0.15, -0.1) is 0 Å². The van der Waals surface area contributed by atoms with E-state index < -0.39 is 12.1 Å². The summed E-state index contributed by atoms with van der Waals surface area (Å²) in [6.07, 6.45) is 0.829. The van der Waals surface area contributed by atoms with Crippen molar-refractivity contribution < 1.29 is 15.0 Å². The highest BCUT2D eigenvalue weighted by Crippen LogP contribution is 2.03. The Bertz CT molecular complexity index is 139. The minimum atomic E-state index is -0.666. The first-order valence-electron chi connectivity index (χ1n) is 4.32. The van der Waals surface area contributed by atoms with Gasteiger partial charge in [0.25, 0.3) is 0 Å². The van der Waals surface area contributed by atoms with Crippen LogP contribution in [0.4, 0.5) is 0 Å². The third-order valence-corrected chi connectivity index (χ3v) is 2.00. The normalized spacial score (nSPS) is 17.8. The average Bonchev–Trinajstić information content (AvgIpc) is 2.16. The molecular weight excluding hydrogens is 172 g/mol. The lowest BCUT2D eigenvalue weighted by molar-refractivity contribution is -0.109. The maximum Gasteiger partial charge on any atom is 0.136 e. The molecule has 0 unspecified atom stereocenters. The molecule has 5 nitrogen and oxygen atoms in total. The van der Waals surface area contributed by atoms with E-state index in [0.717, 1.165) is 0 Å². The zero-order chi connectivity index (χ0) is 10.3.